The fourth-order valence-corrected chi connectivity index (χ4v) is 1.93. The minimum absolute atomic E-state index is 0.160. The molecule has 0 spiro atoms. The number of hydrogen-bond acceptors (Lipinski definition) is 7. The van der Waals surface area contributed by atoms with E-state index >= 15 is 0 Å². The SMILES string of the molecule is C[C@@H](Oc1ccc(-c2nnco2)cc1)c1nc(C(C)(C)C)no1. The maximum Gasteiger partial charge on any atom is 0.267 e. The van der Waals surface area contributed by atoms with Gasteiger partial charge in [-0.05, 0) is 31.2 Å². The summed E-state index contributed by atoms with van der Waals surface area (Å²) in [6, 6.07) is 7.36. The monoisotopic (exact) mass is 314 g/mol. The van der Waals surface area contributed by atoms with Gasteiger partial charge in [0, 0.05) is 11.0 Å². The average molecular weight is 314 g/mol. The Labute approximate surface area is 133 Å². The molecule has 2 aromatic heterocycles. The summed E-state index contributed by atoms with van der Waals surface area (Å²) in [6.45, 7) is 7.96. The van der Waals surface area contributed by atoms with Gasteiger partial charge in [-0.25, -0.2) is 0 Å². The second kappa shape index (κ2) is 5.83. The number of hydrogen-bond donors (Lipinski definition) is 0. The molecule has 0 saturated heterocycles. The van der Waals surface area contributed by atoms with Gasteiger partial charge in [0.15, 0.2) is 11.9 Å². The third kappa shape index (κ3) is 3.39. The molecule has 120 valence electrons. The van der Waals surface area contributed by atoms with Crippen LogP contribution in [0.1, 0.15) is 45.5 Å². The smallest absolute Gasteiger partial charge is 0.267 e. The van der Waals surface area contributed by atoms with Crippen LogP contribution < -0.4 is 4.74 Å². The number of benzene rings is 1. The van der Waals surface area contributed by atoms with Gasteiger partial charge < -0.3 is 13.7 Å². The Kier molecular flexibility index (Phi) is 3.85. The first-order valence-corrected chi connectivity index (χ1v) is 7.31. The highest BCUT2D eigenvalue weighted by Crippen LogP contribution is 2.26. The summed E-state index contributed by atoms with van der Waals surface area (Å²) in [7, 11) is 0. The van der Waals surface area contributed by atoms with E-state index in [4.69, 9.17) is 13.7 Å². The van der Waals surface area contributed by atoms with Crippen LogP contribution >= 0.6 is 0 Å². The van der Waals surface area contributed by atoms with Gasteiger partial charge in [-0.3, -0.25) is 0 Å². The fourth-order valence-electron chi connectivity index (χ4n) is 1.93. The zero-order chi connectivity index (χ0) is 16.4. The molecule has 0 aliphatic carbocycles. The van der Waals surface area contributed by atoms with Crippen molar-refractivity contribution in [1.82, 2.24) is 20.3 Å². The Morgan fingerprint density at radius 3 is 2.43 bits per heavy atom. The van der Waals surface area contributed by atoms with Crippen molar-refractivity contribution in [3.63, 3.8) is 0 Å². The summed E-state index contributed by atoms with van der Waals surface area (Å²) >= 11 is 0. The lowest BCUT2D eigenvalue weighted by Gasteiger charge is -2.12. The molecular weight excluding hydrogens is 296 g/mol. The van der Waals surface area contributed by atoms with Crippen LogP contribution in [-0.2, 0) is 5.41 Å². The Bertz CT molecular complexity index is 757. The minimum atomic E-state index is -0.340. The lowest BCUT2D eigenvalue weighted by molar-refractivity contribution is 0.175. The van der Waals surface area contributed by atoms with Crippen molar-refractivity contribution in [3.05, 3.63) is 42.4 Å². The third-order valence-electron chi connectivity index (χ3n) is 3.23. The van der Waals surface area contributed by atoms with Gasteiger partial charge in [-0.2, -0.15) is 4.98 Å². The molecule has 0 N–H and O–H groups in total. The standard InChI is InChI=1S/C16H18N4O3/c1-10(13-18-15(20-23-13)16(2,3)4)22-12-7-5-11(6-8-12)14-19-17-9-21-14/h5-10H,1-4H3/t10-/m1/s1. The molecule has 0 bridgehead atoms. The first-order valence-electron chi connectivity index (χ1n) is 7.31. The maximum absolute atomic E-state index is 5.84. The van der Waals surface area contributed by atoms with Crippen molar-refractivity contribution in [1.29, 1.82) is 0 Å². The van der Waals surface area contributed by atoms with Gasteiger partial charge >= 0.3 is 0 Å². The van der Waals surface area contributed by atoms with E-state index in [-0.39, 0.29) is 11.5 Å². The molecule has 1 aromatic carbocycles. The molecular formula is C16H18N4O3. The lowest BCUT2D eigenvalue weighted by atomic mass is 9.96. The van der Waals surface area contributed by atoms with Gasteiger partial charge in [0.25, 0.3) is 5.89 Å². The van der Waals surface area contributed by atoms with Gasteiger partial charge in [0.2, 0.25) is 12.3 Å². The molecule has 0 fully saturated rings. The molecule has 23 heavy (non-hydrogen) atoms. The van der Waals surface area contributed by atoms with Gasteiger partial charge in [0.1, 0.15) is 5.75 Å². The molecule has 7 heteroatoms. The van der Waals surface area contributed by atoms with Crippen molar-refractivity contribution >= 4 is 0 Å². The summed E-state index contributed by atoms with van der Waals surface area (Å²) in [5.74, 6) is 2.28. The van der Waals surface area contributed by atoms with Crippen molar-refractivity contribution in [2.45, 2.75) is 39.2 Å². The quantitative estimate of drug-likeness (QED) is 0.727. The minimum Gasteiger partial charge on any atom is -0.481 e. The van der Waals surface area contributed by atoms with Crippen LogP contribution in [0.3, 0.4) is 0 Å². The number of nitrogens with zero attached hydrogens (tertiary/aromatic N) is 4. The Balaban J connectivity index is 1.70. The second-order valence-electron chi connectivity index (χ2n) is 6.23. The predicted molar refractivity (Wildman–Crippen MR) is 81.8 cm³/mol. The molecule has 1 atom stereocenters. The molecule has 0 radical (unpaired) electrons. The molecule has 0 unspecified atom stereocenters. The Morgan fingerprint density at radius 1 is 1.13 bits per heavy atom. The van der Waals surface area contributed by atoms with Crippen molar-refractivity contribution in [3.8, 4) is 17.2 Å². The summed E-state index contributed by atoms with van der Waals surface area (Å²) in [4.78, 5) is 4.40. The zero-order valence-electron chi connectivity index (χ0n) is 13.5. The van der Waals surface area contributed by atoms with Crippen LogP contribution in [0.2, 0.25) is 0 Å². The highest BCUT2D eigenvalue weighted by Gasteiger charge is 2.23. The lowest BCUT2D eigenvalue weighted by Crippen LogP contribution is -2.13. The van der Waals surface area contributed by atoms with E-state index in [1.54, 1.807) is 0 Å². The molecule has 3 rings (SSSR count). The highest BCUT2D eigenvalue weighted by molar-refractivity contribution is 5.53. The van der Waals surface area contributed by atoms with Crippen LogP contribution in [0.15, 0.2) is 39.6 Å². The molecule has 3 aromatic rings. The van der Waals surface area contributed by atoms with Crippen LogP contribution in [-0.4, -0.2) is 20.3 Å². The summed E-state index contributed by atoms with van der Waals surface area (Å²) in [6.07, 6.45) is 0.956. The van der Waals surface area contributed by atoms with E-state index < -0.39 is 0 Å². The van der Waals surface area contributed by atoms with Crippen molar-refractivity contribution < 1.29 is 13.7 Å². The van der Waals surface area contributed by atoms with Crippen molar-refractivity contribution in [2.75, 3.05) is 0 Å². The van der Waals surface area contributed by atoms with E-state index in [0.29, 0.717) is 23.4 Å². The average Bonchev–Trinajstić information content (AvgIpc) is 3.19. The summed E-state index contributed by atoms with van der Waals surface area (Å²) in [5.41, 5.74) is 0.669. The zero-order valence-corrected chi connectivity index (χ0v) is 13.5. The fraction of sp³-hybridized carbons (Fsp3) is 0.375. The predicted octanol–water partition coefficient (Wildman–Crippen LogP) is 3.56. The second-order valence-corrected chi connectivity index (χ2v) is 6.23. The normalized spacial score (nSPS) is 13.0. The Hall–Kier alpha value is -2.70. The van der Waals surface area contributed by atoms with Gasteiger partial charge in [0.05, 0.1) is 0 Å². The molecule has 7 nitrogen and oxygen atoms in total. The highest BCUT2D eigenvalue weighted by atomic mass is 16.5. The first-order chi connectivity index (χ1) is 10.9. The van der Waals surface area contributed by atoms with E-state index in [1.165, 1.54) is 6.39 Å². The van der Waals surface area contributed by atoms with E-state index in [1.807, 2.05) is 52.0 Å². The molecule has 2 heterocycles. The number of ether oxygens (including phenoxy) is 1. The van der Waals surface area contributed by atoms with Crippen LogP contribution in [0.5, 0.6) is 5.75 Å². The Morgan fingerprint density at radius 2 is 1.87 bits per heavy atom. The molecule has 0 amide bonds. The van der Waals surface area contributed by atoms with Gasteiger partial charge in [-0.1, -0.05) is 25.9 Å². The number of rotatable bonds is 4. The summed E-state index contributed by atoms with van der Waals surface area (Å²) < 4.78 is 16.3. The van der Waals surface area contributed by atoms with Crippen LogP contribution in [0.25, 0.3) is 11.5 Å². The first kappa shape index (κ1) is 15.2. The maximum atomic E-state index is 5.84. The van der Waals surface area contributed by atoms with E-state index in [2.05, 4.69) is 20.3 Å². The van der Waals surface area contributed by atoms with Crippen LogP contribution in [0.4, 0.5) is 0 Å². The van der Waals surface area contributed by atoms with Gasteiger partial charge in [-0.15, -0.1) is 10.2 Å². The van der Waals surface area contributed by atoms with E-state index in [0.717, 1.165) is 5.56 Å². The molecule has 0 aliphatic heterocycles. The topological polar surface area (TPSA) is 87.1 Å². The van der Waals surface area contributed by atoms with Crippen LogP contribution in [0, 0.1) is 0 Å². The van der Waals surface area contributed by atoms with E-state index in [9.17, 15) is 0 Å². The largest absolute Gasteiger partial charge is 0.481 e. The molecule has 0 aliphatic rings. The number of aromatic nitrogens is 4. The molecule has 0 saturated carbocycles. The third-order valence-corrected chi connectivity index (χ3v) is 3.23. The summed E-state index contributed by atoms with van der Waals surface area (Å²) in [5, 5.41) is 11.5. The van der Waals surface area contributed by atoms with Crippen molar-refractivity contribution in [2.24, 2.45) is 0 Å².